The van der Waals surface area contributed by atoms with E-state index < -0.39 is 0 Å². The van der Waals surface area contributed by atoms with E-state index in [2.05, 4.69) is 16.0 Å². The Morgan fingerprint density at radius 2 is 2.36 bits per heavy atom. The van der Waals surface area contributed by atoms with Crippen LogP contribution >= 0.6 is 0 Å². The number of nitrogens with one attached hydrogen (secondary N) is 3. The van der Waals surface area contributed by atoms with Gasteiger partial charge in [-0.25, -0.2) is 4.79 Å². The number of rotatable bonds is 4. The van der Waals surface area contributed by atoms with Gasteiger partial charge in [0.05, 0.1) is 0 Å². The molecule has 0 aliphatic carbocycles. The molecule has 4 nitrogen and oxygen atoms in total. The highest BCUT2D eigenvalue weighted by atomic mass is 16.2. The predicted molar refractivity (Wildman–Crippen MR) is 57.3 cm³/mol. The second kappa shape index (κ2) is 6.65. The van der Waals surface area contributed by atoms with E-state index in [-0.39, 0.29) is 6.03 Å². The van der Waals surface area contributed by atoms with Crippen LogP contribution in [0.5, 0.6) is 0 Å². The number of urea groups is 1. The summed E-state index contributed by atoms with van der Waals surface area (Å²) in [7, 11) is 1.64. The Labute approximate surface area is 85.8 Å². The molecule has 2 amide bonds. The van der Waals surface area contributed by atoms with E-state index in [4.69, 9.17) is 0 Å². The fourth-order valence-corrected chi connectivity index (χ4v) is 1.81. The molecule has 0 radical (unpaired) electrons. The highest BCUT2D eigenvalue weighted by molar-refractivity contribution is 5.73. The monoisotopic (exact) mass is 199 g/mol. The zero-order valence-electron chi connectivity index (χ0n) is 8.94. The lowest BCUT2D eigenvalue weighted by molar-refractivity contribution is 0.242. The average Bonchev–Trinajstić information content (AvgIpc) is 2.25. The van der Waals surface area contributed by atoms with Crippen LogP contribution in [0.4, 0.5) is 4.79 Å². The van der Waals surface area contributed by atoms with Crippen molar-refractivity contribution >= 4 is 6.03 Å². The third-order valence-corrected chi connectivity index (χ3v) is 2.65. The molecule has 1 atom stereocenters. The van der Waals surface area contributed by atoms with Crippen LogP contribution in [0.1, 0.15) is 32.1 Å². The fourth-order valence-electron chi connectivity index (χ4n) is 1.81. The van der Waals surface area contributed by atoms with Crippen LogP contribution in [0.15, 0.2) is 0 Å². The van der Waals surface area contributed by atoms with Gasteiger partial charge in [-0.2, -0.15) is 0 Å². The van der Waals surface area contributed by atoms with E-state index in [0.717, 1.165) is 19.5 Å². The maximum absolute atomic E-state index is 10.8. The summed E-state index contributed by atoms with van der Waals surface area (Å²) in [4.78, 5) is 10.8. The molecular weight excluding hydrogens is 178 g/mol. The minimum Gasteiger partial charge on any atom is -0.341 e. The molecule has 3 N–H and O–H groups in total. The molecule has 0 spiro atoms. The predicted octanol–water partition coefficient (Wildman–Crippen LogP) is 0.838. The first kappa shape index (κ1) is 11.3. The van der Waals surface area contributed by atoms with Crippen molar-refractivity contribution in [2.45, 2.75) is 38.1 Å². The van der Waals surface area contributed by atoms with Crippen molar-refractivity contribution in [2.24, 2.45) is 0 Å². The van der Waals surface area contributed by atoms with Gasteiger partial charge in [-0.05, 0) is 32.2 Å². The number of piperidine rings is 1. The third-order valence-electron chi connectivity index (χ3n) is 2.65. The molecule has 1 heterocycles. The highest BCUT2D eigenvalue weighted by Crippen LogP contribution is 2.10. The van der Waals surface area contributed by atoms with Gasteiger partial charge in [0.15, 0.2) is 0 Å². The van der Waals surface area contributed by atoms with Crippen molar-refractivity contribution in [1.29, 1.82) is 0 Å². The minimum absolute atomic E-state index is 0.0818. The summed E-state index contributed by atoms with van der Waals surface area (Å²) in [5.41, 5.74) is 0. The Morgan fingerprint density at radius 1 is 1.50 bits per heavy atom. The lowest BCUT2D eigenvalue weighted by Crippen LogP contribution is -2.36. The van der Waals surface area contributed by atoms with Crippen molar-refractivity contribution in [3.8, 4) is 0 Å². The van der Waals surface area contributed by atoms with Crippen LogP contribution in [0, 0.1) is 0 Å². The van der Waals surface area contributed by atoms with Crippen molar-refractivity contribution in [1.82, 2.24) is 16.0 Å². The largest absolute Gasteiger partial charge is 0.341 e. The van der Waals surface area contributed by atoms with E-state index in [1.54, 1.807) is 7.05 Å². The summed E-state index contributed by atoms with van der Waals surface area (Å²) < 4.78 is 0. The summed E-state index contributed by atoms with van der Waals surface area (Å²) in [5, 5.41) is 8.82. The Morgan fingerprint density at radius 3 is 3.00 bits per heavy atom. The molecule has 0 aromatic carbocycles. The molecule has 1 fully saturated rings. The molecule has 0 bridgehead atoms. The average molecular weight is 199 g/mol. The lowest BCUT2D eigenvalue weighted by Gasteiger charge is -2.23. The van der Waals surface area contributed by atoms with Gasteiger partial charge < -0.3 is 16.0 Å². The smallest absolute Gasteiger partial charge is 0.314 e. The molecule has 0 aromatic rings. The van der Waals surface area contributed by atoms with E-state index in [0.29, 0.717) is 6.04 Å². The first-order valence-corrected chi connectivity index (χ1v) is 5.52. The summed E-state index contributed by atoms with van der Waals surface area (Å²) in [6.07, 6.45) is 6.18. The van der Waals surface area contributed by atoms with Crippen LogP contribution in [0.3, 0.4) is 0 Å². The normalized spacial score (nSPS) is 21.6. The minimum atomic E-state index is -0.0818. The van der Waals surface area contributed by atoms with Crippen molar-refractivity contribution in [3.05, 3.63) is 0 Å². The first-order chi connectivity index (χ1) is 6.83. The molecule has 4 heteroatoms. The van der Waals surface area contributed by atoms with Crippen LogP contribution in [0.25, 0.3) is 0 Å². The number of carbonyl (C=O) groups excluding carboxylic acids is 1. The van der Waals surface area contributed by atoms with Gasteiger partial charge in [0.25, 0.3) is 0 Å². The molecule has 1 aliphatic rings. The van der Waals surface area contributed by atoms with Crippen molar-refractivity contribution < 1.29 is 4.79 Å². The van der Waals surface area contributed by atoms with Crippen molar-refractivity contribution in [2.75, 3.05) is 20.1 Å². The maximum Gasteiger partial charge on any atom is 0.314 e. The Kier molecular flexibility index (Phi) is 5.37. The van der Waals surface area contributed by atoms with E-state index in [9.17, 15) is 4.79 Å². The van der Waals surface area contributed by atoms with Crippen LogP contribution in [-0.4, -0.2) is 32.2 Å². The molecule has 1 aliphatic heterocycles. The fraction of sp³-hybridized carbons (Fsp3) is 0.900. The third kappa shape index (κ3) is 4.46. The number of hydrogen-bond donors (Lipinski definition) is 3. The summed E-state index contributed by atoms with van der Waals surface area (Å²) in [5.74, 6) is 0. The number of hydrogen-bond acceptors (Lipinski definition) is 2. The zero-order chi connectivity index (χ0) is 10.2. The number of amides is 2. The molecule has 0 aromatic heterocycles. The van der Waals surface area contributed by atoms with Crippen LogP contribution in [-0.2, 0) is 0 Å². The lowest BCUT2D eigenvalue weighted by atomic mass is 10.0. The molecule has 1 saturated heterocycles. The second-order valence-electron chi connectivity index (χ2n) is 3.79. The van der Waals surface area contributed by atoms with Gasteiger partial charge in [-0.1, -0.05) is 6.42 Å². The SMILES string of the molecule is CNC(=O)NCCCC1CCCCN1. The molecule has 1 rings (SSSR count). The summed E-state index contributed by atoms with van der Waals surface area (Å²) in [6.45, 7) is 1.94. The van der Waals surface area contributed by atoms with E-state index in [1.807, 2.05) is 0 Å². The topological polar surface area (TPSA) is 53.2 Å². The Hall–Kier alpha value is -0.770. The van der Waals surface area contributed by atoms with Crippen LogP contribution in [0.2, 0.25) is 0 Å². The standard InChI is InChI=1S/C10H21N3O/c1-11-10(14)13-8-4-6-9-5-2-3-7-12-9/h9,12H,2-8H2,1H3,(H2,11,13,14). The van der Waals surface area contributed by atoms with E-state index >= 15 is 0 Å². The summed E-state index contributed by atoms with van der Waals surface area (Å²) in [6, 6.07) is 0.594. The molecule has 1 unspecified atom stereocenters. The number of carbonyl (C=O) groups is 1. The summed E-state index contributed by atoms with van der Waals surface area (Å²) >= 11 is 0. The van der Waals surface area contributed by atoms with Gasteiger partial charge in [-0.15, -0.1) is 0 Å². The molecular formula is C10H21N3O. The molecule has 14 heavy (non-hydrogen) atoms. The zero-order valence-corrected chi connectivity index (χ0v) is 8.94. The maximum atomic E-state index is 10.8. The van der Waals surface area contributed by atoms with Gasteiger partial charge in [0, 0.05) is 19.6 Å². The molecule has 0 saturated carbocycles. The quantitative estimate of drug-likeness (QED) is 0.588. The first-order valence-electron chi connectivity index (χ1n) is 5.52. The Balaban J connectivity index is 1.94. The second-order valence-corrected chi connectivity index (χ2v) is 3.79. The van der Waals surface area contributed by atoms with Gasteiger partial charge in [0.2, 0.25) is 0 Å². The van der Waals surface area contributed by atoms with Gasteiger partial charge in [-0.3, -0.25) is 0 Å². The molecule has 82 valence electrons. The van der Waals surface area contributed by atoms with Gasteiger partial charge >= 0.3 is 6.03 Å². The van der Waals surface area contributed by atoms with Crippen molar-refractivity contribution in [3.63, 3.8) is 0 Å². The van der Waals surface area contributed by atoms with E-state index in [1.165, 1.54) is 25.7 Å². The highest BCUT2D eigenvalue weighted by Gasteiger charge is 2.11. The Bertz CT molecular complexity index is 167. The van der Waals surface area contributed by atoms with Crippen LogP contribution < -0.4 is 16.0 Å². The van der Waals surface area contributed by atoms with Gasteiger partial charge in [0.1, 0.15) is 0 Å².